The number of aliphatic hydroxyl groups is 1. The lowest BCUT2D eigenvalue weighted by atomic mass is 10.00. The van der Waals surface area contributed by atoms with Gasteiger partial charge in [0, 0.05) is 7.11 Å². The number of aliphatic hydroxyl groups excluding tert-OH is 1. The second-order valence-corrected chi connectivity index (χ2v) is 5.19. The summed E-state index contributed by atoms with van der Waals surface area (Å²) in [6.07, 6.45) is -0.559. The predicted octanol–water partition coefficient (Wildman–Crippen LogP) is 1.30. The molecule has 0 aromatic rings. The number of hydrogen-bond donors (Lipinski definition) is 2. The van der Waals surface area contributed by atoms with E-state index < -0.39 is 23.3 Å². The maximum absolute atomic E-state index is 11.5. The van der Waals surface area contributed by atoms with Crippen molar-refractivity contribution < 1.29 is 19.4 Å². The molecule has 0 unspecified atom stereocenters. The molecule has 5 heteroatoms. The summed E-state index contributed by atoms with van der Waals surface area (Å²) in [5.74, 6) is 0. The zero-order valence-electron chi connectivity index (χ0n) is 11.0. The molecule has 0 fully saturated rings. The molecule has 16 heavy (non-hydrogen) atoms. The largest absolute Gasteiger partial charge is 0.444 e. The van der Waals surface area contributed by atoms with Gasteiger partial charge in [-0.3, -0.25) is 0 Å². The number of hydrogen-bond acceptors (Lipinski definition) is 4. The Hall–Kier alpha value is -0.810. The molecule has 0 bridgehead atoms. The molecule has 1 amide bonds. The van der Waals surface area contributed by atoms with Crippen molar-refractivity contribution in [3.8, 4) is 0 Å². The summed E-state index contributed by atoms with van der Waals surface area (Å²) in [6, 6.07) is -0.507. The van der Waals surface area contributed by atoms with E-state index in [1.54, 1.807) is 34.6 Å². The minimum Gasteiger partial charge on any atom is -0.444 e. The zero-order chi connectivity index (χ0) is 13.0. The van der Waals surface area contributed by atoms with Crippen molar-refractivity contribution in [3.05, 3.63) is 0 Å². The van der Waals surface area contributed by atoms with E-state index >= 15 is 0 Å². The normalized spacial score (nSPS) is 14.4. The molecule has 96 valence electrons. The SMILES string of the molecule is COC(C)(C)[C@H](CO)NC(=O)OC(C)(C)C. The molecule has 0 radical (unpaired) electrons. The summed E-state index contributed by atoms with van der Waals surface area (Å²) in [7, 11) is 1.53. The Morgan fingerprint density at radius 1 is 1.31 bits per heavy atom. The lowest BCUT2D eigenvalue weighted by Crippen LogP contribution is -2.53. The van der Waals surface area contributed by atoms with Crippen molar-refractivity contribution in [2.24, 2.45) is 0 Å². The van der Waals surface area contributed by atoms with E-state index in [4.69, 9.17) is 9.47 Å². The van der Waals surface area contributed by atoms with Crippen LogP contribution in [0.3, 0.4) is 0 Å². The summed E-state index contributed by atoms with van der Waals surface area (Å²) in [4.78, 5) is 11.5. The molecule has 0 aromatic carbocycles. The van der Waals surface area contributed by atoms with Gasteiger partial charge in [-0.15, -0.1) is 0 Å². The molecule has 0 aliphatic rings. The van der Waals surface area contributed by atoms with Gasteiger partial charge in [0.2, 0.25) is 0 Å². The standard InChI is InChI=1S/C11H23NO4/c1-10(2,3)16-9(14)12-8(7-13)11(4,5)15-6/h8,13H,7H2,1-6H3,(H,12,14)/t8-/m0/s1. The zero-order valence-corrected chi connectivity index (χ0v) is 11.0. The molecule has 0 aliphatic heterocycles. The number of carbonyl (C=O) groups is 1. The van der Waals surface area contributed by atoms with Crippen molar-refractivity contribution in [3.63, 3.8) is 0 Å². The van der Waals surface area contributed by atoms with Gasteiger partial charge < -0.3 is 19.9 Å². The van der Waals surface area contributed by atoms with E-state index in [0.29, 0.717) is 0 Å². The highest BCUT2D eigenvalue weighted by molar-refractivity contribution is 5.68. The lowest BCUT2D eigenvalue weighted by molar-refractivity contribution is -0.0303. The van der Waals surface area contributed by atoms with E-state index in [-0.39, 0.29) is 6.61 Å². The van der Waals surface area contributed by atoms with Crippen LogP contribution in [0, 0.1) is 0 Å². The molecule has 0 heterocycles. The van der Waals surface area contributed by atoms with Crippen LogP contribution in [0.5, 0.6) is 0 Å². The maximum atomic E-state index is 11.5. The van der Waals surface area contributed by atoms with Gasteiger partial charge in [-0.1, -0.05) is 0 Å². The highest BCUT2D eigenvalue weighted by Crippen LogP contribution is 2.14. The monoisotopic (exact) mass is 233 g/mol. The fourth-order valence-electron chi connectivity index (χ4n) is 1.03. The molecule has 0 saturated carbocycles. The van der Waals surface area contributed by atoms with Gasteiger partial charge in [-0.05, 0) is 34.6 Å². The van der Waals surface area contributed by atoms with Gasteiger partial charge in [0.15, 0.2) is 0 Å². The first kappa shape index (κ1) is 15.2. The van der Waals surface area contributed by atoms with E-state index in [1.165, 1.54) is 7.11 Å². The number of amides is 1. The van der Waals surface area contributed by atoms with E-state index in [9.17, 15) is 9.90 Å². The van der Waals surface area contributed by atoms with Crippen molar-refractivity contribution in [1.82, 2.24) is 5.32 Å². The number of carbonyl (C=O) groups excluding carboxylic acids is 1. The van der Waals surface area contributed by atoms with E-state index in [0.717, 1.165) is 0 Å². The number of rotatable bonds is 4. The Labute approximate surface area is 97.1 Å². The summed E-state index contributed by atoms with van der Waals surface area (Å²) >= 11 is 0. The summed E-state index contributed by atoms with van der Waals surface area (Å²) in [5, 5.41) is 11.8. The Morgan fingerprint density at radius 2 is 1.81 bits per heavy atom. The lowest BCUT2D eigenvalue weighted by Gasteiger charge is -2.33. The number of nitrogens with one attached hydrogen (secondary N) is 1. The molecule has 2 N–H and O–H groups in total. The summed E-state index contributed by atoms with van der Waals surface area (Å²) in [6.45, 7) is 8.70. The van der Waals surface area contributed by atoms with Crippen molar-refractivity contribution >= 4 is 6.09 Å². The third kappa shape index (κ3) is 5.32. The van der Waals surface area contributed by atoms with Crippen LogP contribution in [-0.2, 0) is 9.47 Å². The quantitative estimate of drug-likeness (QED) is 0.768. The van der Waals surface area contributed by atoms with Gasteiger partial charge in [0.25, 0.3) is 0 Å². The highest BCUT2D eigenvalue weighted by atomic mass is 16.6. The average molecular weight is 233 g/mol. The first-order valence-electron chi connectivity index (χ1n) is 5.28. The smallest absolute Gasteiger partial charge is 0.408 e. The van der Waals surface area contributed by atoms with Crippen LogP contribution in [0.2, 0.25) is 0 Å². The molecule has 0 aliphatic carbocycles. The highest BCUT2D eigenvalue weighted by Gasteiger charge is 2.31. The molecular formula is C11H23NO4. The predicted molar refractivity (Wildman–Crippen MR) is 61.3 cm³/mol. The molecule has 0 saturated heterocycles. The second kappa shape index (κ2) is 5.50. The Bertz CT molecular complexity index is 233. The second-order valence-electron chi connectivity index (χ2n) is 5.19. The minimum atomic E-state index is -0.647. The van der Waals surface area contributed by atoms with Gasteiger partial charge in [0.05, 0.1) is 18.2 Å². The van der Waals surface area contributed by atoms with Crippen LogP contribution >= 0.6 is 0 Å². The van der Waals surface area contributed by atoms with Gasteiger partial charge in [0.1, 0.15) is 5.60 Å². The fraction of sp³-hybridized carbons (Fsp3) is 0.909. The Balaban J connectivity index is 4.40. The molecule has 5 nitrogen and oxygen atoms in total. The van der Waals surface area contributed by atoms with Gasteiger partial charge >= 0.3 is 6.09 Å². The number of ether oxygens (including phenoxy) is 2. The minimum absolute atomic E-state index is 0.208. The van der Waals surface area contributed by atoms with Crippen LogP contribution in [0.25, 0.3) is 0 Å². The molecule has 1 atom stereocenters. The average Bonchev–Trinajstić information content (AvgIpc) is 2.11. The third-order valence-corrected chi connectivity index (χ3v) is 2.24. The Kier molecular flexibility index (Phi) is 5.22. The number of alkyl carbamates (subject to hydrolysis) is 1. The third-order valence-electron chi connectivity index (χ3n) is 2.24. The maximum Gasteiger partial charge on any atom is 0.408 e. The van der Waals surface area contributed by atoms with Crippen LogP contribution in [0.15, 0.2) is 0 Å². The van der Waals surface area contributed by atoms with Crippen LogP contribution in [0.4, 0.5) is 4.79 Å². The fourth-order valence-corrected chi connectivity index (χ4v) is 1.03. The number of methoxy groups -OCH3 is 1. The van der Waals surface area contributed by atoms with Gasteiger partial charge in [-0.25, -0.2) is 4.79 Å². The van der Waals surface area contributed by atoms with Crippen LogP contribution in [-0.4, -0.2) is 42.2 Å². The Morgan fingerprint density at radius 3 is 2.12 bits per heavy atom. The van der Waals surface area contributed by atoms with Crippen LogP contribution in [0.1, 0.15) is 34.6 Å². The topological polar surface area (TPSA) is 67.8 Å². The van der Waals surface area contributed by atoms with E-state index in [1.807, 2.05) is 0 Å². The first-order chi connectivity index (χ1) is 7.12. The van der Waals surface area contributed by atoms with E-state index in [2.05, 4.69) is 5.32 Å². The molecular weight excluding hydrogens is 210 g/mol. The van der Waals surface area contributed by atoms with Crippen molar-refractivity contribution in [2.45, 2.75) is 51.9 Å². The van der Waals surface area contributed by atoms with Crippen molar-refractivity contribution in [1.29, 1.82) is 0 Å². The van der Waals surface area contributed by atoms with Crippen molar-refractivity contribution in [2.75, 3.05) is 13.7 Å². The molecule has 0 spiro atoms. The first-order valence-corrected chi connectivity index (χ1v) is 5.28. The molecule has 0 rings (SSSR count). The van der Waals surface area contributed by atoms with Gasteiger partial charge in [-0.2, -0.15) is 0 Å². The molecule has 0 aromatic heterocycles. The summed E-state index contributed by atoms with van der Waals surface area (Å²) in [5.41, 5.74) is -1.20. The summed E-state index contributed by atoms with van der Waals surface area (Å²) < 4.78 is 10.3. The van der Waals surface area contributed by atoms with Crippen LogP contribution < -0.4 is 5.32 Å².